The molecule has 3 heteroatoms. The molecule has 0 aromatic carbocycles. The number of fused-ring (bicyclic) bond motifs is 1. The quantitative estimate of drug-likeness (QED) is 0.455. The topological polar surface area (TPSA) is 15.8 Å². The highest BCUT2D eigenvalue weighted by molar-refractivity contribution is 7.13. The molecule has 2 fully saturated rings. The molecule has 14 heavy (non-hydrogen) atoms. The fraction of sp³-hybridized carbons (Fsp3) is 1.00. The van der Waals surface area contributed by atoms with E-state index < -0.39 is 0 Å². The molecule has 2 rings (SSSR count). The predicted molar refractivity (Wildman–Crippen MR) is 62.1 cm³/mol. The molecule has 0 radical (unpaired) electrons. The summed E-state index contributed by atoms with van der Waals surface area (Å²) in [7, 11) is 2.87. The Bertz CT molecular complexity index is 229. The van der Waals surface area contributed by atoms with Crippen LogP contribution in [0.1, 0.15) is 34.1 Å². The van der Waals surface area contributed by atoms with Crippen molar-refractivity contribution in [2.45, 2.75) is 52.4 Å². The van der Waals surface area contributed by atoms with Crippen LogP contribution in [0, 0.1) is 11.3 Å². The second-order valence-corrected chi connectivity index (χ2v) is 6.41. The zero-order valence-corrected chi connectivity index (χ0v) is 10.8. The van der Waals surface area contributed by atoms with E-state index in [-0.39, 0.29) is 0 Å². The fourth-order valence-electron chi connectivity index (χ4n) is 2.71. The molecule has 0 spiro atoms. The summed E-state index contributed by atoms with van der Waals surface area (Å²) >= 11 is 0. The van der Waals surface area contributed by atoms with E-state index in [9.17, 15) is 0 Å². The molecule has 0 amide bonds. The van der Waals surface area contributed by atoms with Crippen LogP contribution in [0.25, 0.3) is 0 Å². The predicted octanol–water partition coefficient (Wildman–Crippen LogP) is 2.30. The van der Waals surface area contributed by atoms with E-state index in [0.29, 0.717) is 29.6 Å². The van der Waals surface area contributed by atoms with Gasteiger partial charge in [0.1, 0.15) is 0 Å². The molecule has 2 aliphatic rings. The lowest BCUT2D eigenvalue weighted by Gasteiger charge is -2.36. The van der Waals surface area contributed by atoms with Gasteiger partial charge in [0.15, 0.2) is 0 Å². The zero-order valence-electron chi connectivity index (χ0n) is 9.66. The molecule has 2 saturated heterocycles. The fourth-order valence-corrected chi connectivity index (χ4v) is 3.30. The van der Waals surface area contributed by atoms with Crippen molar-refractivity contribution < 1.29 is 4.74 Å². The maximum absolute atomic E-state index is 5.83. The van der Waals surface area contributed by atoms with Crippen molar-refractivity contribution in [1.29, 1.82) is 0 Å². The third kappa shape index (κ3) is 1.85. The van der Waals surface area contributed by atoms with Gasteiger partial charge in [-0.25, -0.2) is 0 Å². The molecule has 5 unspecified atom stereocenters. The minimum absolute atomic E-state index is 0.301. The van der Waals surface area contributed by atoms with Gasteiger partial charge in [-0.3, -0.25) is 4.67 Å². The second kappa shape index (κ2) is 3.43. The van der Waals surface area contributed by atoms with Crippen LogP contribution in [-0.2, 0) is 4.74 Å². The highest BCUT2D eigenvalue weighted by atomic mass is 31.0. The first kappa shape index (κ1) is 10.9. The van der Waals surface area contributed by atoms with Gasteiger partial charge in [-0.1, -0.05) is 30.2 Å². The molecule has 0 bridgehead atoms. The highest BCUT2D eigenvalue weighted by Gasteiger charge is 2.53. The van der Waals surface area contributed by atoms with Crippen molar-refractivity contribution in [3.8, 4) is 0 Å². The van der Waals surface area contributed by atoms with Gasteiger partial charge in [0.05, 0.1) is 12.2 Å². The Morgan fingerprint density at radius 2 is 2.00 bits per heavy atom. The average molecular weight is 215 g/mol. The third-order valence-corrected chi connectivity index (χ3v) is 4.42. The molecule has 0 aliphatic carbocycles. The lowest BCUT2D eigenvalue weighted by atomic mass is 9.81. The minimum Gasteiger partial charge on any atom is -0.369 e. The largest absolute Gasteiger partial charge is 0.369 e. The Morgan fingerprint density at radius 3 is 2.64 bits per heavy atom. The third-order valence-electron chi connectivity index (χ3n) is 3.73. The summed E-state index contributed by atoms with van der Waals surface area (Å²) in [6.45, 7) is 10.4. The molecule has 2 nitrogen and oxygen atoms in total. The summed E-state index contributed by atoms with van der Waals surface area (Å²) in [6, 6.07) is 0.652. The molecular weight excluding hydrogens is 193 g/mol. The maximum Gasteiger partial charge on any atom is 0.0907 e. The number of hydrogen-bond donors (Lipinski definition) is 0. The summed E-state index contributed by atoms with van der Waals surface area (Å²) < 4.78 is 8.22. The first-order valence-corrected chi connectivity index (χ1v) is 6.10. The van der Waals surface area contributed by atoms with Gasteiger partial charge in [0.25, 0.3) is 0 Å². The van der Waals surface area contributed by atoms with Gasteiger partial charge in [-0.2, -0.15) is 0 Å². The lowest BCUT2D eigenvalue weighted by molar-refractivity contribution is 0.177. The first-order chi connectivity index (χ1) is 6.42. The van der Waals surface area contributed by atoms with Crippen LogP contribution >= 0.6 is 9.39 Å². The van der Waals surface area contributed by atoms with E-state index in [1.165, 1.54) is 6.42 Å². The monoisotopic (exact) mass is 215 g/mol. The van der Waals surface area contributed by atoms with Gasteiger partial charge in [-0.15, -0.1) is 0 Å². The Labute approximate surface area is 89.6 Å². The van der Waals surface area contributed by atoms with E-state index in [1.54, 1.807) is 0 Å². The van der Waals surface area contributed by atoms with Gasteiger partial charge in [0, 0.05) is 18.0 Å². The number of nitrogens with zero attached hydrogens (tertiary/aromatic N) is 1. The van der Waals surface area contributed by atoms with Crippen molar-refractivity contribution in [1.82, 2.24) is 4.67 Å². The van der Waals surface area contributed by atoms with Crippen molar-refractivity contribution in [3.05, 3.63) is 0 Å². The van der Waals surface area contributed by atoms with Crippen LogP contribution < -0.4 is 0 Å². The number of ether oxygens (including phenoxy) is 1. The molecule has 82 valence electrons. The number of rotatable bonds is 0. The van der Waals surface area contributed by atoms with Gasteiger partial charge in [-0.05, 0) is 19.3 Å². The van der Waals surface area contributed by atoms with Crippen LogP contribution in [-0.4, -0.2) is 29.5 Å². The van der Waals surface area contributed by atoms with E-state index >= 15 is 0 Å². The molecule has 0 saturated carbocycles. The normalized spacial score (nSPS) is 47.8. The van der Waals surface area contributed by atoms with E-state index in [4.69, 9.17) is 4.74 Å². The smallest absolute Gasteiger partial charge is 0.0907 e. The molecule has 0 aromatic rings. The Hall–Kier alpha value is 0.350. The number of hydrogen-bond acceptors (Lipinski definition) is 2. The van der Waals surface area contributed by atoms with Crippen molar-refractivity contribution in [3.63, 3.8) is 0 Å². The van der Waals surface area contributed by atoms with E-state index in [2.05, 4.69) is 41.8 Å². The van der Waals surface area contributed by atoms with Crippen LogP contribution in [0.5, 0.6) is 0 Å². The van der Waals surface area contributed by atoms with Gasteiger partial charge < -0.3 is 4.74 Å². The molecule has 0 N–H and O–H groups in total. The van der Waals surface area contributed by atoms with Gasteiger partial charge in [0.2, 0.25) is 0 Å². The summed E-state index contributed by atoms with van der Waals surface area (Å²) in [4.78, 5) is 0. The van der Waals surface area contributed by atoms with E-state index in [0.717, 1.165) is 6.54 Å². The Kier molecular flexibility index (Phi) is 2.66. The first-order valence-electron chi connectivity index (χ1n) is 5.58. The molecular formula is C11H22NOP. The second-order valence-electron chi connectivity index (χ2n) is 5.74. The molecule has 5 atom stereocenters. The summed E-state index contributed by atoms with van der Waals surface area (Å²) in [6.07, 6.45) is 2.28. The van der Waals surface area contributed by atoms with E-state index in [1.807, 2.05) is 0 Å². The van der Waals surface area contributed by atoms with Crippen LogP contribution in [0.3, 0.4) is 0 Å². The van der Waals surface area contributed by atoms with Crippen LogP contribution in [0.2, 0.25) is 0 Å². The average Bonchev–Trinajstić information content (AvgIpc) is 2.80. The zero-order chi connectivity index (χ0) is 10.5. The molecule has 2 heterocycles. The molecule has 2 aliphatic heterocycles. The SMILES string of the molecule is CC1CC(C)N(P)CC(C)(C)C2OC12. The summed E-state index contributed by atoms with van der Waals surface area (Å²) in [5.41, 5.74) is 0.301. The minimum atomic E-state index is 0.301. The standard InChI is InChI=1S/C11H22NOP/c1-7-5-8(2)12(14)6-11(3,4)10-9(7)13-10/h7-10H,5-6,14H2,1-4H3. The van der Waals surface area contributed by atoms with Crippen molar-refractivity contribution in [2.75, 3.05) is 6.54 Å². The molecule has 0 aromatic heterocycles. The van der Waals surface area contributed by atoms with Crippen LogP contribution in [0.4, 0.5) is 0 Å². The summed E-state index contributed by atoms with van der Waals surface area (Å²) in [5, 5.41) is 0. The van der Waals surface area contributed by atoms with Crippen LogP contribution in [0.15, 0.2) is 0 Å². The maximum atomic E-state index is 5.83. The Balaban J connectivity index is 2.13. The Morgan fingerprint density at radius 1 is 1.36 bits per heavy atom. The number of epoxide rings is 1. The van der Waals surface area contributed by atoms with Crippen molar-refractivity contribution in [2.24, 2.45) is 11.3 Å². The highest BCUT2D eigenvalue weighted by Crippen LogP contribution is 2.46. The van der Waals surface area contributed by atoms with Crippen molar-refractivity contribution >= 4 is 9.39 Å². The van der Waals surface area contributed by atoms with Gasteiger partial charge >= 0.3 is 0 Å². The summed E-state index contributed by atoms with van der Waals surface area (Å²) in [5.74, 6) is 0.706. The lowest BCUT2D eigenvalue weighted by Crippen LogP contribution is -2.41.